The largest absolute Gasteiger partial charge is 0.472 e. The zero-order chi connectivity index (χ0) is 20.6. The molecule has 11 nitrogen and oxygen atoms in total. The molecule has 0 atom stereocenters. The van der Waals surface area contributed by atoms with Crippen molar-refractivity contribution in [3.63, 3.8) is 0 Å². The van der Waals surface area contributed by atoms with Gasteiger partial charge >= 0.3 is 6.09 Å². The third-order valence-corrected chi connectivity index (χ3v) is 5.83. The zero-order valence-corrected chi connectivity index (χ0v) is 16.3. The fraction of sp³-hybridized carbons (Fsp3) is 0.353. The first-order valence-electron chi connectivity index (χ1n) is 8.84. The molecule has 1 aliphatic rings. The number of piperidine rings is 1. The van der Waals surface area contributed by atoms with Crippen molar-refractivity contribution >= 4 is 27.1 Å². The summed E-state index contributed by atoms with van der Waals surface area (Å²) in [6.45, 7) is 0.793. The maximum atomic E-state index is 11.6. The summed E-state index contributed by atoms with van der Waals surface area (Å²) in [4.78, 5) is 20.9. The van der Waals surface area contributed by atoms with Gasteiger partial charge in [0.2, 0.25) is 5.88 Å². The Hall–Kier alpha value is -3.28. The first-order chi connectivity index (χ1) is 13.8. The SMILES string of the molecule is CS(=O)(=O)c1ccc(-n2nnc3c(OC4CCN(C(=O)O)CC4)ncnc32)cc1. The molecular formula is C17H18N6O5S. The molecule has 1 aliphatic heterocycles. The summed E-state index contributed by atoms with van der Waals surface area (Å²) in [7, 11) is -3.29. The monoisotopic (exact) mass is 418 g/mol. The van der Waals surface area contributed by atoms with Crippen LogP contribution in [0.2, 0.25) is 0 Å². The van der Waals surface area contributed by atoms with Crippen molar-refractivity contribution < 1.29 is 23.1 Å². The molecule has 0 unspecified atom stereocenters. The van der Waals surface area contributed by atoms with Gasteiger partial charge in [-0.05, 0) is 24.3 Å². The molecular weight excluding hydrogens is 400 g/mol. The maximum Gasteiger partial charge on any atom is 0.407 e. The topological polar surface area (TPSA) is 140 Å². The maximum absolute atomic E-state index is 11.6. The smallest absolute Gasteiger partial charge is 0.407 e. The molecule has 0 radical (unpaired) electrons. The van der Waals surface area contributed by atoms with Crippen LogP contribution in [0, 0.1) is 0 Å². The van der Waals surface area contributed by atoms with Gasteiger partial charge in [-0.25, -0.2) is 18.2 Å². The second kappa shape index (κ2) is 7.28. The molecule has 12 heteroatoms. The normalized spacial score (nSPS) is 15.6. The number of hydrogen-bond acceptors (Lipinski definition) is 8. The lowest BCUT2D eigenvalue weighted by molar-refractivity contribution is 0.0878. The average molecular weight is 418 g/mol. The molecule has 3 aromatic rings. The second-order valence-electron chi connectivity index (χ2n) is 6.71. The molecule has 2 aromatic heterocycles. The zero-order valence-electron chi connectivity index (χ0n) is 15.5. The number of nitrogens with zero attached hydrogens (tertiary/aromatic N) is 6. The highest BCUT2D eigenvalue weighted by molar-refractivity contribution is 7.90. The van der Waals surface area contributed by atoms with E-state index in [0.717, 1.165) is 6.26 Å². The number of likely N-dealkylation sites (tertiary alicyclic amines) is 1. The van der Waals surface area contributed by atoms with Gasteiger partial charge in [-0.3, -0.25) is 0 Å². The van der Waals surface area contributed by atoms with E-state index in [0.29, 0.717) is 42.8 Å². The van der Waals surface area contributed by atoms with Gasteiger partial charge in [-0.1, -0.05) is 5.21 Å². The Labute approximate surface area is 165 Å². The lowest BCUT2D eigenvalue weighted by atomic mass is 10.1. The van der Waals surface area contributed by atoms with Crippen LogP contribution in [-0.2, 0) is 9.84 Å². The van der Waals surface area contributed by atoms with E-state index in [1.807, 2.05) is 0 Å². The van der Waals surface area contributed by atoms with Crippen molar-refractivity contribution in [3.05, 3.63) is 30.6 Å². The lowest BCUT2D eigenvalue weighted by Crippen LogP contribution is -2.41. The van der Waals surface area contributed by atoms with E-state index >= 15 is 0 Å². The molecule has 0 aliphatic carbocycles. The molecule has 1 fully saturated rings. The Kier molecular flexibility index (Phi) is 4.78. The van der Waals surface area contributed by atoms with E-state index in [4.69, 9.17) is 9.84 Å². The number of hydrogen-bond donors (Lipinski definition) is 1. The van der Waals surface area contributed by atoms with Crippen LogP contribution < -0.4 is 4.74 Å². The summed E-state index contributed by atoms with van der Waals surface area (Å²) < 4.78 is 30.7. The number of aromatic nitrogens is 5. The van der Waals surface area contributed by atoms with Gasteiger partial charge in [0.15, 0.2) is 21.0 Å². The van der Waals surface area contributed by atoms with E-state index in [1.165, 1.54) is 28.0 Å². The molecule has 3 heterocycles. The van der Waals surface area contributed by atoms with Gasteiger partial charge in [-0.15, -0.1) is 5.10 Å². The molecule has 4 rings (SSSR count). The molecule has 29 heavy (non-hydrogen) atoms. The second-order valence-corrected chi connectivity index (χ2v) is 8.72. The fourth-order valence-corrected chi connectivity index (χ4v) is 3.78. The number of amides is 1. The van der Waals surface area contributed by atoms with Crippen molar-refractivity contribution in [1.82, 2.24) is 29.9 Å². The number of ether oxygens (including phenoxy) is 1. The van der Waals surface area contributed by atoms with Crippen molar-refractivity contribution in [3.8, 4) is 11.6 Å². The minimum Gasteiger partial charge on any atom is -0.472 e. The Morgan fingerprint density at radius 1 is 1.17 bits per heavy atom. The van der Waals surface area contributed by atoms with Crippen LogP contribution in [0.25, 0.3) is 16.9 Å². The molecule has 152 valence electrons. The van der Waals surface area contributed by atoms with Crippen molar-refractivity contribution in [1.29, 1.82) is 0 Å². The van der Waals surface area contributed by atoms with E-state index < -0.39 is 15.9 Å². The summed E-state index contributed by atoms with van der Waals surface area (Å²) in [5.74, 6) is 0.280. The van der Waals surface area contributed by atoms with Crippen LogP contribution in [0.3, 0.4) is 0 Å². The van der Waals surface area contributed by atoms with E-state index in [-0.39, 0.29) is 16.9 Å². The summed E-state index contributed by atoms with van der Waals surface area (Å²) in [6, 6.07) is 6.23. The summed E-state index contributed by atoms with van der Waals surface area (Å²) >= 11 is 0. The number of carboxylic acid groups (broad SMARTS) is 1. The Bertz CT molecular complexity index is 1150. The van der Waals surface area contributed by atoms with E-state index in [9.17, 15) is 13.2 Å². The van der Waals surface area contributed by atoms with Crippen LogP contribution in [-0.4, -0.2) is 74.9 Å². The third-order valence-electron chi connectivity index (χ3n) is 4.70. The quantitative estimate of drug-likeness (QED) is 0.660. The average Bonchev–Trinajstić information content (AvgIpc) is 3.13. The van der Waals surface area contributed by atoms with Crippen LogP contribution >= 0.6 is 0 Å². The van der Waals surface area contributed by atoms with Gasteiger partial charge in [-0.2, -0.15) is 9.67 Å². The third kappa shape index (κ3) is 3.83. The molecule has 1 aromatic carbocycles. The molecule has 1 saturated heterocycles. The van der Waals surface area contributed by atoms with Crippen LogP contribution in [0.5, 0.6) is 5.88 Å². The highest BCUT2D eigenvalue weighted by Crippen LogP contribution is 2.25. The minimum atomic E-state index is -3.29. The summed E-state index contributed by atoms with van der Waals surface area (Å²) in [5, 5.41) is 17.2. The van der Waals surface area contributed by atoms with E-state index in [1.54, 1.807) is 12.1 Å². The van der Waals surface area contributed by atoms with Crippen molar-refractivity contribution in [2.75, 3.05) is 19.3 Å². The van der Waals surface area contributed by atoms with Crippen LogP contribution in [0.1, 0.15) is 12.8 Å². The number of sulfone groups is 1. The van der Waals surface area contributed by atoms with Crippen molar-refractivity contribution in [2.24, 2.45) is 0 Å². The number of carbonyl (C=O) groups is 1. The Morgan fingerprint density at radius 3 is 2.48 bits per heavy atom. The van der Waals surface area contributed by atoms with Gasteiger partial charge < -0.3 is 14.7 Å². The van der Waals surface area contributed by atoms with Gasteiger partial charge in [0, 0.05) is 32.2 Å². The van der Waals surface area contributed by atoms with Crippen LogP contribution in [0.4, 0.5) is 4.79 Å². The standard InChI is InChI=1S/C17H18N6O5S/c1-29(26,27)13-4-2-11(3-5-13)23-15-14(20-21-23)16(19-10-18-15)28-12-6-8-22(9-7-12)17(24)25/h2-5,10,12H,6-9H2,1H3,(H,24,25). The summed E-state index contributed by atoms with van der Waals surface area (Å²) in [5.41, 5.74) is 1.39. The minimum absolute atomic E-state index is 0.178. The number of fused-ring (bicyclic) bond motifs is 1. The van der Waals surface area contributed by atoms with Crippen molar-refractivity contribution in [2.45, 2.75) is 23.8 Å². The first kappa shape index (κ1) is 19.1. The van der Waals surface area contributed by atoms with Crippen LogP contribution in [0.15, 0.2) is 35.5 Å². The number of rotatable bonds is 4. The van der Waals surface area contributed by atoms with E-state index in [2.05, 4.69) is 20.3 Å². The predicted molar refractivity (Wildman–Crippen MR) is 101 cm³/mol. The molecule has 1 amide bonds. The first-order valence-corrected chi connectivity index (χ1v) is 10.7. The molecule has 1 N–H and O–H groups in total. The highest BCUT2D eigenvalue weighted by atomic mass is 32.2. The number of benzene rings is 1. The fourth-order valence-electron chi connectivity index (χ4n) is 3.15. The lowest BCUT2D eigenvalue weighted by Gasteiger charge is -2.29. The Balaban J connectivity index is 1.58. The predicted octanol–water partition coefficient (Wildman–Crippen LogP) is 1.14. The highest BCUT2D eigenvalue weighted by Gasteiger charge is 2.25. The summed E-state index contributed by atoms with van der Waals surface area (Å²) in [6.07, 6.45) is 2.48. The van der Waals surface area contributed by atoms with Gasteiger partial charge in [0.25, 0.3) is 0 Å². The molecule has 0 bridgehead atoms. The van der Waals surface area contributed by atoms with Gasteiger partial charge in [0.05, 0.1) is 10.6 Å². The molecule has 0 saturated carbocycles. The Morgan fingerprint density at radius 2 is 1.86 bits per heavy atom. The van der Waals surface area contributed by atoms with Gasteiger partial charge in [0.1, 0.15) is 12.4 Å². The molecule has 0 spiro atoms.